The Morgan fingerprint density at radius 1 is 0.373 bits per heavy atom. The summed E-state index contributed by atoms with van der Waals surface area (Å²) in [6.45, 7) is 3.23. The number of benzene rings is 3. The summed E-state index contributed by atoms with van der Waals surface area (Å²) in [6, 6.07) is 31.0. The van der Waals surface area contributed by atoms with Crippen LogP contribution in [0.1, 0.15) is 12.8 Å². The highest BCUT2D eigenvalue weighted by atomic mass is 35.7. The molecule has 0 fully saturated rings. The third kappa shape index (κ3) is 66.8. The predicted octanol–water partition coefficient (Wildman–Crippen LogP) is 8.47. The van der Waals surface area contributed by atoms with Gasteiger partial charge in [0.1, 0.15) is 23.9 Å². The van der Waals surface area contributed by atoms with Crippen molar-refractivity contribution < 1.29 is 14.2 Å². The van der Waals surface area contributed by atoms with Crippen LogP contribution in [-0.4, -0.2) is 34.7 Å². The summed E-state index contributed by atoms with van der Waals surface area (Å²) in [5, 5.41) is 0. The smallest absolute Gasteiger partial charge is 0.251 e. The van der Waals surface area contributed by atoms with E-state index >= 15 is 0 Å². The Balaban J connectivity index is 0.00000126. The van der Waals surface area contributed by atoms with Crippen LogP contribution in [0.2, 0.25) is 12.1 Å². The second kappa shape index (κ2) is 70.1. The van der Waals surface area contributed by atoms with Crippen molar-refractivity contribution in [2.24, 2.45) is 0 Å². The summed E-state index contributed by atoms with van der Waals surface area (Å²) in [7, 11) is 64.9. The molecule has 3 rings (SSSR count). The molecule has 75 heavy (non-hydrogen) atoms. The SMILES string of the molecule is C=CCOc1ccccc1.Cl[SiH2]Cl.Cl[Si](Cl)(CCCOc1ccccc1)CCCOc1ccccc1.S=S=S=S=S=S=S=S=S=S=S=S=S=S=S=S=S=S=S=S=S=S=S=S=S=S=S=S=S=S=S=S=S=S=S=S=S=S=S. The second-order valence-electron chi connectivity index (χ2n) is 9.92. The molecule has 0 heterocycles. The molecule has 0 spiro atoms. The molecule has 0 unspecified atom stereocenters. The fourth-order valence-corrected chi connectivity index (χ4v) is 102. The van der Waals surface area contributed by atoms with Crippen LogP contribution in [0.15, 0.2) is 104 Å². The average Bonchev–Trinajstić information content (AvgIpc) is 3.43. The van der Waals surface area contributed by atoms with Crippen molar-refractivity contribution in [1.82, 2.24) is 0 Å². The van der Waals surface area contributed by atoms with Crippen LogP contribution in [0.5, 0.6) is 17.2 Å². The van der Waals surface area contributed by atoms with E-state index in [1.54, 1.807) is 113 Å². The summed E-state index contributed by atoms with van der Waals surface area (Å²) in [4.78, 5) is 0. The van der Waals surface area contributed by atoms with Crippen molar-refractivity contribution in [1.29, 1.82) is 0 Å². The Hall–Kier alpha value is 6.97. The van der Waals surface area contributed by atoms with E-state index in [2.05, 4.69) is 6.58 Å². The Bertz CT molecular complexity index is 3710. The summed E-state index contributed by atoms with van der Waals surface area (Å²) < 4.78 is 16.6. The monoisotopic (exact) mass is 1850 g/mol. The first-order valence-electron chi connectivity index (χ1n) is 18.0. The molecule has 3 aromatic rings. The number of para-hydroxylation sites is 3. The van der Waals surface area contributed by atoms with Gasteiger partial charge in [0, 0.05) is 351 Å². The Morgan fingerprint density at radius 3 is 0.773 bits per heavy atom. The molecule has 0 radical (unpaired) electrons. The summed E-state index contributed by atoms with van der Waals surface area (Å²) in [6.07, 6.45) is 3.49. The minimum atomic E-state index is -2.20. The fourth-order valence-electron chi connectivity index (χ4n) is 3.27. The van der Waals surface area contributed by atoms with Crippen LogP contribution in [0.25, 0.3) is 0 Å². The highest BCUT2D eigenvalue weighted by Crippen LogP contribution is 2.29. The first-order chi connectivity index (χ1) is 36.9. The quantitative estimate of drug-likeness (QED) is 0.0742. The van der Waals surface area contributed by atoms with Gasteiger partial charge in [-0.3, -0.25) is 0 Å². The third-order valence-electron chi connectivity index (χ3n) is 5.51. The van der Waals surface area contributed by atoms with E-state index in [0.29, 0.717) is 19.8 Å². The molecule has 0 saturated carbocycles. The summed E-state index contributed by atoms with van der Waals surface area (Å²) >= 11 is 32.4. The first-order valence-corrected chi connectivity index (χ1v) is 77.4. The lowest BCUT2D eigenvalue weighted by Gasteiger charge is -2.17. The maximum absolute atomic E-state index is 6.49. The first kappa shape index (κ1) is 82.0. The predicted molar refractivity (Wildman–Crippen MR) is 450 cm³/mol. The Kier molecular flexibility index (Phi) is 76.6. The number of ether oxygens (including phenoxy) is 3. The molecule has 0 saturated heterocycles. The molecule has 0 aliphatic rings. The lowest BCUT2D eigenvalue weighted by atomic mass is 10.3. The molecule has 0 amide bonds. The van der Waals surface area contributed by atoms with Gasteiger partial charge < -0.3 is 14.2 Å². The molecule has 430 valence electrons. The zero-order valence-corrected chi connectivity index (χ0v) is 73.5. The average molecular weight is 1860 g/mol. The van der Waals surface area contributed by atoms with E-state index in [1.807, 2.05) is 295 Å². The molecular weight excluding hydrogens is 1820 g/mol. The van der Waals surface area contributed by atoms with Gasteiger partial charge in [-0.05, 0) is 61.3 Å². The van der Waals surface area contributed by atoms with Gasteiger partial charge in [-0.2, -0.15) is 22.2 Å². The van der Waals surface area contributed by atoms with Gasteiger partial charge in [-0.15, -0.1) is 22.2 Å². The zero-order chi connectivity index (χ0) is 54.5. The number of halogens is 4. The van der Waals surface area contributed by atoms with Crippen LogP contribution >= 0.6 is 44.3 Å². The summed E-state index contributed by atoms with van der Waals surface area (Å²) in [5.41, 5.74) is 0. The van der Waals surface area contributed by atoms with Gasteiger partial charge in [-0.1, -0.05) is 67.3 Å². The summed E-state index contributed by atoms with van der Waals surface area (Å²) in [5.74, 6) is 2.67. The van der Waals surface area contributed by atoms with Gasteiger partial charge >= 0.3 is 0 Å². The lowest BCUT2D eigenvalue weighted by molar-refractivity contribution is 0.314. The molecule has 0 aliphatic carbocycles. The fraction of sp³-hybridized carbons (Fsp3) is 0.259. The van der Waals surface area contributed by atoms with Gasteiger partial charge in [0.25, 0.3) is 6.69 Å². The highest BCUT2D eigenvalue weighted by molar-refractivity contribution is 8.81. The van der Waals surface area contributed by atoms with Gasteiger partial charge in [0.05, 0.1) is 13.2 Å². The molecule has 0 atom stereocenters. The van der Waals surface area contributed by atoms with Gasteiger partial charge in [-0.25, -0.2) is 0 Å². The molecule has 48 heteroatoms. The van der Waals surface area contributed by atoms with E-state index in [1.165, 1.54) is 17.8 Å². The Morgan fingerprint density at radius 2 is 0.573 bits per heavy atom. The maximum Gasteiger partial charge on any atom is 0.251 e. The number of rotatable bonds is 13. The van der Waals surface area contributed by atoms with E-state index in [9.17, 15) is 0 Å². The van der Waals surface area contributed by atoms with Crippen molar-refractivity contribution >= 4 is 410 Å². The normalized spacial score (nSPS) is 8.85. The van der Waals surface area contributed by atoms with Crippen LogP contribution in [0, 0.1) is 0 Å². The maximum atomic E-state index is 6.49. The number of hydrogen-bond donors (Lipinski definition) is 0. The van der Waals surface area contributed by atoms with Crippen molar-refractivity contribution in [3.8, 4) is 17.2 Å². The van der Waals surface area contributed by atoms with E-state index < -0.39 is 14.8 Å². The molecule has 0 aromatic heterocycles. The minimum Gasteiger partial charge on any atom is -0.494 e. The van der Waals surface area contributed by atoms with Crippen LogP contribution in [0.3, 0.4) is 0 Å². The molecule has 3 nitrogen and oxygen atoms in total. The lowest BCUT2D eigenvalue weighted by Crippen LogP contribution is -2.20. The van der Waals surface area contributed by atoms with Gasteiger partial charge in [0.15, 0.2) is 0 Å². The van der Waals surface area contributed by atoms with E-state index in [4.69, 9.17) is 80.9 Å². The van der Waals surface area contributed by atoms with Crippen LogP contribution in [0.4, 0.5) is 0 Å². The van der Waals surface area contributed by atoms with E-state index in [-0.39, 0.29) is 0 Å². The molecule has 3 aromatic carbocycles. The van der Waals surface area contributed by atoms with Crippen LogP contribution < -0.4 is 14.2 Å². The largest absolute Gasteiger partial charge is 0.494 e. The molecule has 0 bridgehead atoms. The molecular formula is C27H34Cl4O3S39Si2. The topological polar surface area (TPSA) is 27.7 Å². The van der Waals surface area contributed by atoms with Crippen molar-refractivity contribution in [3.63, 3.8) is 0 Å². The number of hydrogen-bond acceptors (Lipinski definition) is 5. The minimum absolute atomic E-state index is 0.573. The van der Waals surface area contributed by atoms with Crippen LogP contribution in [-0.2, 0) is 351 Å². The van der Waals surface area contributed by atoms with E-state index in [0.717, 1.165) is 42.2 Å². The highest BCUT2D eigenvalue weighted by Gasteiger charge is 2.27. The van der Waals surface area contributed by atoms with Crippen molar-refractivity contribution in [3.05, 3.63) is 104 Å². The zero-order valence-electron chi connectivity index (χ0n) is 36.3. The Labute approximate surface area is 577 Å². The standard InChI is InChI=1S/C18H22Cl2O2Si.C9H10O.Cl2H2Si.S39/c19-23(20,15-7-13-21-17-9-3-1-4-10-17)16-8-14-22-18-11-5-2-6-12-18;1-2-8-10-9-6-4-3-5-7-9;1-3-2;1-3-5-7-9-11-13-15-17-19-21-23-25-27-29-31-33-35-37-39-38-36-34-32-30-28-26-24-22-20-18-16-14-12-10-8-6-4-2/h1-6,9-12H,7-8,13-16H2;2-7H,1,8H2;3H2;. The third-order valence-corrected chi connectivity index (χ3v) is 89.9. The molecule has 0 N–H and O–H groups in total. The van der Waals surface area contributed by atoms with Gasteiger partial charge in [0.2, 0.25) is 8.14 Å². The molecule has 0 aliphatic heterocycles. The van der Waals surface area contributed by atoms with Crippen molar-refractivity contribution in [2.45, 2.75) is 24.9 Å². The second-order valence-corrected chi connectivity index (χ2v) is 85.6. The van der Waals surface area contributed by atoms with Crippen molar-refractivity contribution in [2.75, 3.05) is 19.8 Å².